The van der Waals surface area contributed by atoms with Gasteiger partial charge in [0.05, 0.1) is 0 Å². The van der Waals surface area contributed by atoms with Crippen LogP contribution in [-0.4, -0.2) is 11.7 Å². The van der Waals surface area contributed by atoms with Gasteiger partial charge in [0.2, 0.25) is 0 Å². The lowest BCUT2D eigenvalue weighted by Gasteiger charge is -1.90. The van der Waals surface area contributed by atoms with Crippen molar-refractivity contribution in [3.8, 4) is 0 Å². The van der Waals surface area contributed by atoms with Crippen LogP contribution in [0.3, 0.4) is 0 Å². The van der Waals surface area contributed by atoms with Crippen LogP contribution in [0, 0.1) is 6.92 Å². The molecule has 1 nitrogen and oxygen atoms in total. The normalized spacial score (nSPS) is 10.5. The average molecular weight is 235 g/mol. The third kappa shape index (κ3) is 2.58. The Balaban J connectivity index is 2.58. The van der Waals surface area contributed by atoms with E-state index in [1.54, 1.807) is 11.3 Å². The Labute approximate surface area is 79.2 Å². The van der Waals surface area contributed by atoms with Crippen molar-refractivity contribution in [3.63, 3.8) is 0 Å². The number of halogens is 1. The number of aliphatic hydroxyl groups excluding tert-OH is 1. The van der Waals surface area contributed by atoms with Gasteiger partial charge in [0.1, 0.15) is 0 Å². The molecule has 1 N–H and O–H groups in total. The first-order valence-electron chi connectivity index (χ1n) is 3.59. The minimum Gasteiger partial charge on any atom is -0.396 e. The van der Waals surface area contributed by atoms with Crippen LogP contribution < -0.4 is 0 Å². The van der Waals surface area contributed by atoms with Crippen molar-refractivity contribution in [2.75, 3.05) is 6.61 Å². The van der Waals surface area contributed by atoms with Crippen LogP contribution in [0.2, 0.25) is 0 Å². The summed E-state index contributed by atoms with van der Waals surface area (Å²) in [7, 11) is 0. The number of aliphatic hydroxyl groups is 1. The minimum absolute atomic E-state index is 0.286. The second kappa shape index (κ2) is 4.24. The van der Waals surface area contributed by atoms with E-state index in [0.717, 1.165) is 12.8 Å². The molecule has 0 fully saturated rings. The van der Waals surface area contributed by atoms with Gasteiger partial charge < -0.3 is 5.11 Å². The van der Waals surface area contributed by atoms with E-state index in [9.17, 15) is 0 Å². The standard InChI is InChI=1S/C8H11BrOS/c1-6-8(9)5-7(11-6)3-2-4-10/h5,10H,2-4H2,1H3. The first-order chi connectivity index (χ1) is 5.24. The van der Waals surface area contributed by atoms with E-state index in [4.69, 9.17) is 5.11 Å². The lowest BCUT2D eigenvalue weighted by molar-refractivity contribution is 0.289. The second-order valence-electron chi connectivity index (χ2n) is 2.44. The number of thiophene rings is 1. The molecule has 0 aliphatic carbocycles. The van der Waals surface area contributed by atoms with Crippen LogP contribution in [-0.2, 0) is 6.42 Å². The lowest BCUT2D eigenvalue weighted by Crippen LogP contribution is -1.84. The first kappa shape index (κ1) is 9.23. The van der Waals surface area contributed by atoms with Crippen LogP contribution in [0.25, 0.3) is 0 Å². The van der Waals surface area contributed by atoms with Crippen LogP contribution in [0.15, 0.2) is 10.5 Å². The van der Waals surface area contributed by atoms with Crippen molar-refractivity contribution in [3.05, 3.63) is 20.3 Å². The molecule has 0 atom stereocenters. The molecule has 1 aromatic heterocycles. The molecular formula is C8H11BrOS. The number of hydrogen-bond donors (Lipinski definition) is 1. The summed E-state index contributed by atoms with van der Waals surface area (Å²) >= 11 is 5.25. The lowest BCUT2D eigenvalue weighted by atomic mass is 10.3. The summed E-state index contributed by atoms with van der Waals surface area (Å²) in [6, 6.07) is 2.13. The van der Waals surface area contributed by atoms with Gasteiger partial charge in [-0.1, -0.05) is 0 Å². The molecule has 0 saturated carbocycles. The molecule has 0 radical (unpaired) electrons. The molecule has 0 unspecified atom stereocenters. The SMILES string of the molecule is Cc1sc(CCCO)cc1Br. The van der Waals surface area contributed by atoms with Gasteiger partial charge in [-0.2, -0.15) is 0 Å². The van der Waals surface area contributed by atoms with Crippen LogP contribution in [0.1, 0.15) is 16.2 Å². The smallest absolute Gasteiger partial charge is 0.0434 e. The fourth-order valence-electron chi connectivity index (χ4n) is 0.894. The molecule has 0 bridgehead atoms. The summed E-state index contributed by atoms with van der Waals surface area (Å²) < 4.78 is 1.19. The highest BCUT2D eigenvalue weighted by Crippen LogP contribution is 2.26. The Kier molecular flexibility index (Phi) is 3.55. The summed E-state index contributed by atoms with van der Waals surface area (Å²) in [6.45, 7) is 2.38. The third-order valence-corrected chi connectivity index (χ3v) is 3.69. The minimum atomic E-state index is 0.286. The van der Waals surface area contributed by atoms with E-state index in [1.807, 2.05) is 0 Å². The molecule has 1 heterocycles. The molecule has 0 aliphatic rings. The Hall–Kier alpha value is 0.140. The maximum absolute atomic E-state index is 8.60. The number of aryl methyl sites for hydroxylation is 2. The van der Waals surface area contributed by atoms with Crippen LogP contribution in [0.4, 0.5) is 0 Å². The van der Waals surface area contributed by atoms with E-state index < -0.39 is 0 Å². The summed E-state index contributed by atoms with van der Waals surface area (Å²) in [5.74, 6) is 0. The molecule has 62 valence electrons. The topological polar surface area (TPSA) is 20.2 Å². The van der Waals surface area contributed by atoms with Gasteiger partial charge >= 0.3 is 0 Å². The summed E-state index contributed by atoms with van der Waals surface area (Å²) in [5.41, 5.74) is 0. The van der Waals surface area contributed by atoms with Gasteiger partial charge in [-0.25, -0.2) is 0 Å². The highest BCUT2D eigenvalue weighted by molar-refractivity contribution is 9.10. The molecule has 1 rings (SSSR count). The largest absolute Gasteiger partial charge is 0.396 e. The first-order valence-corrected chi connectivity index (χ1v) is 5.20. The van der Waals surface area contributed by atoms with Crippen molar-refractivity contribution < 1.29 is 5.11 Å². The zero-order valence-electron chi connectivity index (χ0n) is 6.43. The van der Waals surface area contributed by atoms with Crippen molar-refractivity contribution >= 4 is 27.3 Å². The fraction of sp³-hybridized carbons (Fsp3) is 0.500. The van der Waals surface area contributed by atoms with Crippen molar-refractivity contribution in [1.29, 1.82) is 0 Å². The molecular weight excluding hydrogens is 224 g/mol. The summed E-state index contributed by atoms with van der Waals surface area (Å²) in [5, 5.41) is 8.60. The zero-order valence-corrected chi connectivity index (χ0v) is 8.83. The van der Waals surface area contributed by atoms with Gasteiger partial charge in [-0.3, -0.25) is 0 Å². The molecule has 0 aromatic carbocycles. The van der Waals surface area contributed by atoms with E-state index in [0.29, 0.717) is 0 Å². The molecule has 0 aliphatic heterocycles. The van der Waals surface area contributed by atoms with Gasteiger partial charge in [-0.05, 0) is 41.8 Å². The molecule has 1 aromatic rings. The quantitative estimate of drug-likeness (QED) is 0.854. The van der Waals surface area contributed by atoms with Gasteiger partial charge in [-0.15, -0.1) is 11.3 Å². The van der Waals surface area contributed by atoms with Gasteiger partial charge in [0.25, 0.3) is 0 Å². The summed E-state index contributed by atoms with van der Waals surface area (Å²) in [6.07, 6.45) is 1.86. The van der Waals surface area contributed by atoms with Crippen molar-refractivity contribution in [2.24, 2.45) is 0 Å². The van der Waals surface area contributed by atoms with E-state index in [1.165, 1.54) is 14.2 Å². The highest BCUT2D eigenvalue weighted by Gasteiger charge is 2.01. The number of hydrogen-bond acceptors (Lipinski definition) is 2. The van der Waals surface area contributed by atoms with Crippen molar-refractivity contribution in [2.45, 2.75) is 19.8 Å². The van der Waals surface area contributed by atoms with E-state index in [-0.39, 0.29) is 6.61 Å². The Bertz CT molecular complexity index is 212. The Morgan fingerprint density at radius 2 is 2.36 bits per heavy atom. The second-order valence-corrected chi connectivity index (χ2v) is 4.64. The maximum atomic E-state index is 8.60. The van der Waals surface area contributed by atoms with Crippen LogP contribution >= 0.6 is 27.3 Å². The van der Waals surface area contributed by atoms with Gasteiger partial charge in [0.15, 0.2) is 0 Å². The molecule has 0 amide bonds. The highest BCUT2D eigenvalue weighted by atomic mass is 79.9. The van der Waals surface area contributed by atoms with E-state index >= 15 is 0 Å². The molecule has 3 heteroatoms. The van der Waals surface area contributed by atoms with Crippen LogP contribution in [0.5, 0.6) is 0 Å². The maximum Gasteiger partial charge on any atom is 0.0434 e. The average Bonchev–Trinajstić information content (AvgIpc) is 2.28. The number of rotatable bonds is 3. The Morgan fingerprint density at radius 1 is 1.64 bits per heavy atom. The molecule has 11 heavy (non-hydrogen) atoms. The monoisotopic (exact) mass is 234 g/mol. The molecule has 0 saturated heterocycles. The predicted octanol–water partition coefficient (Wildman–Crippen LogP) is 2.74. The Morgan fingerprint density at radius 3 is 2.82 bits per heavy atom. The summed E-state index contributed by atoms with van der Waals surface area (Å²) in [4.78, 5) is 2.67. The zero-order chi connectivity index (χ0) is 8.27. The van der Waals surface area contributed by atoms with E-state index in [2.05, 4.69) is 28.9 Å². The fourth-order valence-corrected chi connectivity index (χ4v) is 2.54. The van der Waals surface area contributed by atoms with Crippen molar-refractivity contribution in [1.82, 2.24) is 0 Å². The predicted molar refractivity (Wildman–Crippen MR) is 52.2 cm³/mol. The third-order valence-electron chi connectivity index (χ3n) is 1.49. The molecule has 0 spiro atoms. The van der Waals surface area contributed by atoms with Gasteiger partial charge in [0, 0.05) is 20.8 Å².